The zero-order chi connectivity index (χ0) is 25.1. The Morgan fingerprint density at radius 1 is 0.941 bits per heavy atom. The van der Waals surface area contributed by atoms with Crippen molar-refractivity contribution in [2.75, 3.05) is 0 Å². The zero-order valence-corrected chi connectivity index (χ0v) is 23.1. The van der Waals surface area contributed by atoms with Crippen molar-refractivity contribution < 1.29 is 15.0 Å². The Morgan fingerprint density at radius 3 is 2.26 bits per heavy atom. The van der Waals surface area contributed by atoms with Gasteiger partial charge < -0.3 is 10.2 Å². The monoisotopic (exact) mass is 470 g/mol. The second-order valence-corrected chi connectivity index (χ2v) is 14.9. The number of carbonyl (C=O) groups is 1. The molecule has 0 spiro atoms. The van der Waals surface area contributed by atoms with Crippen LogP contribution in [0.15, 0.2) is 11.6 Å². The summed E-state index contributed by atoms with van der Waals surface area (Å²) in [6.07, 6.45) is 9.75. The highest BCUT2D eigenvalue weighted by atomic mass is 16.3. The summed E-state index contributed by atoms with van der Waals surface area (Å²) < 4.78 is 0. The van der Waals surface area contributed by atoms with Crippen molar-refractivity contribution in [2.24, 2.45) is 56.7 Å². The lowest BCUT2D eigenvalue weighted by Crippen LogP contribution is -2.67. The van der Waals surface area contributed by atoms with Gasteiger partial charge >= 0.3 is 0 Å². The van der Waals surface area contributed by atoms with Crippen molar-refractivity contribution in [2.45, 2.75) is 119 Å². The Bertz CT molecular complexity index is 904. The van der Waals surface area contributed by atoms with Crippen LogP contribution in [-0.2, 0) is 4.79 Å². The summed E-state index contributed by atoms with van der Waals surface area (Å²) in [6, 6.07) is 0. The van der Waals surface area contributed by atoms with E-state index in [1.807, 2.05) is 6.92 Å². The van der Waals surface area contributed by atoms with E-state index >= 15 is 0 Å². The molecule has 5 rings (SSSR count). The highest BCUT2D eigenvalue weighted by molar-refractivity contribution is 5.84. The van der Waals surface area contributed by atoms with Crippen LogP contribution in [-0.4, -0.2) is 28.2 Å². The van der Waals surface area contributed by atoms with E-state index in [-0.39, 0.29) is 27.1 Å². The molecule has 34 heavy (non-hydrogen) atoms. The number of fused-ring (bicyclic) bond motifs is 7. The van der Waals surface area contributed by atoms with E-state index in [9.17, 15) is 15.0 Å². The predicted molar refractivity (Wildman–Crippen MR) is 137 cm³/mol. The summed E-state index contributed by atoms with van der Waals surface area (Å²) >= 11 is 0. The molecule has 2 N–H and O–H groups in total. The van der Waals surface area contributed by atoms with Crippen molar-refractivity contribution in [1.82, 2.24) is 0 Å². The van der Waals surface area contributed by atoms with E-state index in [2.05, 4.69) is 54.5 Å². The Balaban J connectivity index is 1.62. The van der Waals surface area contributed by atoms with Crippen LogP contribution in [0.25, 0.3) is 0 Å². The number of hydrogen-bond acceptors (Lipinski definition) is 3. The minimum Gasteiger partial charge on any atom is -0.390 e. The molecule has 4 saturated carbocycles. The minimum atomic E-state index is -0.646. The number of aliphatic hydroxyl groups is 2. The van der Waals surface area contributed by atoms with Crippen LogP contribution in [0.1, 0.15) is 107 Å². The molecule has 0 aromatic carbocycles. The average molecular weight is 471 g/mol. The first-order valence-electron chi connectivity index (χ1n) is 14.2. The first-order valence-corrected chi connectivity index (χ1v) is 14.2. The van der Waals surface area contributed by atoms with Gasteiger partial charge in [0.2, 0.25) is 0 Å². The molecule has 0 aliphatic heterocycles. The molecule has 0 aromatic rings. The molecular weight excluding hydrogens is 420 g/mol. The predicted octanol–water partition coefficient (Wildman–Crippen LogP) is 6.56. The first-order chi connectivity index (χ1) is 15.7. The largest absolute Gasteiger partial charge is 0.390 e. The lowest BCUT2D eigenvalue weighted by molar-refractivity contribution is -0.231. The smallest absolute Gasteiger partial charge is 0.136 e. The molecule has 0 amide bonds. The van der Waals surface area contributed by atoms with Crippen molar-refractivity contribution in [1.29, 1.82) is 0 Å². The second-order valence-electron chi connectivity index (χ2n) is 14.9. The van der Waals surface area contributed by atoms with E-state index in [4.69, 9.17) is 0 Å². The van der Waals surface area contributed by atoms with Gasteiger partial charge in [0.05, 0.1) is 12.2 Å². The third kappa shape index (κ3) is 2.81. The maximum Gasteiger partial charge on any atom is 0.136 e. The fourth-order valence-electron chi connectivity index (χ4n) is 11.2. The number of allylic oxidation sites excluding steroid dienone is 2. The number of aliphatic hydroxyl groups excluding tert-OH is 2. The number of hydrogen-bond donors (Lipinski definition) is 2. The third-order valence-electron chi connectivity index (χ3n) is 13.6. The molecule has 0 heterocycles. The van der Waals surface area contributed by atoms with E-state index in [1.54, 1.807) is 5.57 Å². The van der Waals surface area contributed by atoms with Gasteiger partial charge in [0.15, 0.2) is 0 Å². The van der Waals surface area contributed by atoms with Crippen LogP contribution < -0.4 is 0 Å². The number of carbonyl (C=O) groups excluding carboxylic acids is 1. The fourth-order valence-corrected chi connectivity index (χ4v) is 11.2. The highest BCUT2D eigenvalue weighted by Gasteiger charge is 2.69. The van der Waals surface area contributed by atoms with Gasteiger partial charge in [-0.1, -0.05) is 60.1 Å². The van der Waals surface area contributed by atoms with Crippen molar-refractivity contribution in [3.8, 4) is 0 Å². The number of Topliss-reactive ketones (excluding diaryl/α,β-unsaturated/α-hetero) is 1. The summed E-state index contributed by atoms with van der Waals surface area (Å²) in [5.74, 6) is 2.93. The Morgan fingerprint density at radius 2 is 1.62 bits per heavy atom. The summed E-state index contributed by atoms with van der Waals surface area (Å²) in [7, 11) is 0. The number of ketones is 1. The molecule has 0 saturated heterocycles. The summed E-state index contributed by atoms with van der Waals surface area (Å²) in [5.41, 5.74) is 1.45. The van der Waals surface area contributed by atoms with Gasteiger partial charge in [-0.2, -0.15) is 0 Å². The molecule has 5 aliphatic rings. The summed E-state index contributed by atoms with van der Waals surface area (Å²) in [5, 5.41) is 21.9. The highest BCUT2D eigenvalue weighted by Crippen LogP contribution is 2.75. The summed E-state index contributed by atoms with van der Waals surface area (Å²) in [6.45, 7) is 18.6. The SMILES string of the molecule is CC(=O)[C@]12CC[C@@H](C)[C@H](C)[C@H]1C1=CC[C@@H]3[C@@]4(C)C[C@@H](O)[C@H](O)C(C)(C)C4CC[C@@]3(C)[C@]1(C)CC2. The molecule has 0 bridgehead atoms. The molecular formula is C31H50O3. The summed E-state index contributed by atoms with van der Waals surface area (Å²) in [4.78, 5) is 13.2. The lowest BCUT2D eigenvalue weighted by atomic mass is 9.33. The molecule has 3 heteroatoms. The topological polar surface area (TPSA) is 57.5 Å². The lowest BCUT2D eigenvalue weighted by Gasteiger charge is -2.71. The van der Waals surface area contributed by atoms with Crippen molar-refractivity contribution in [3.05, 3.63) is 11.6 Å². The molecule has 11 atom stereocenters. The average Bonchev–Trinajstić information content (AvgIpc) is 2.75. The van der Waals surface area contributed by atoms with Gasteiger partial charge in [-0.3, -0.25) is 4.79 Å². The molecule has 4 fully saturated rings. The van der Waals surface area contributed by atoms with Crippen molar-refractivity contribution in [3.63, 3.8) is 0 Å². The zero-order valence-electron chi connectivity index (χ0n) is 23.1. The number of rotatable bonds is 1. The Labute approximate surface area is 208 Å². The molecule has 3 nitrogen and oxygen atoms in total. The van der Waals surface area contributed by atoms with Crippen LogP contribution >= 0.6 is 0 Å². The molecule has 0 aromatic heterocycles. The Kier molecular flexibility index (Phi) is 5.47. The molecule has 5 aliphatic carbocycles. The fraction of sp³-hybridized carbons (Fsp3) is 0.903. The molecule has 0 radical (unpaired) electrons. The third-order valence-corrected chi connectivity index (χ3v) is 13.6. The normalized spacial score (nSPS) is 56.3. The van der Waals surface area contributed by atoms with Crippen LogP contribution in [0.2, 0.25) is 0 Å². The maximum atomic E-state index is 13.2. The molecule has 1 unspecified atom stereocenters. The van der Waals surface area contributed by atoms with Gasteiger partial charge in [0.25, 0.3) is 0 Å². The van der Waals surface area contributed by atoms with E-state index in [0.29, 0.717) is 41.8 Å². The second kappa shape index (κ2) is 7.44. The van der Waals surface area contributed by atoms with Crippen LogP contribution in [0, 0.1) is 56.7 Å². The Hall–Kier alpha value is -0.670. The van der Waals surface area contributed by atoms with Gasteiger partial charge in [-0.05, 0) is 110 Å². The van der Waals surface area contributed by atoms with Crippen LogP contribution in [0.3, 0.4) is 0 Å². The van der Waals surface area contributed by atoms with Gasteiger partial charge in [0, 0.05) is 5.41 Å². The van der Waals surface area contributed by atoms with Gasteiger partial charge in [0.1, 0.15) is 5.78 Å². The van der Waals surface area contributed by atoms with E-state index in [1.165, 1.54) is 12.8 Å². The van der Waals surface area contributed by atoms with E-state index < -0.39 is 12.2 Å². The van der Waals surface area contributed by atoms with Crippen molar-refractivity contribution >= 4 is 5.78 Å². The first kappa shape index (κ1) is 25.0. The maximum absolute atomic E-state index is 13.2. The van der Waals surface area contributed by atoms with Gasteiger partial charge in [-0.15, -0.1) is 0 Å². The molecule has 192 valence electrons. The standard InChI is InChI=1S/C31H50O3/c1-18-11-14-31(20(3)32)16-15-29(7)21(25(31)19(18)2)9-10-24-28(6)17-22(33)26(34)27(4,5)23(28)12-13-30(24,29)8/h9,18-19,22-26,33-34H,10-17H2,1-8H3/t18-,19+,22-,23?,24-,25+,26+,28+,29-,30-,31-/m1/s1. The van der Waals surface area contributed by atoms with Gasteiger partial charge in [-0.25, -0.2) is 0 Å². The van der Waals surface area contributed by atoms with E-state index in [0.717, 1.165) is 32.1 Å². The van der Waals surface area contributed by atoms with Crippen LogP contribution in [0.4, 0.5) is 0 Å². The quantitative estimate of drug-likeness (QED) is 0.426. The van der Waals surface area contributed by atoms with Crippen LogP contribution in [0.5, 0.6) is 0 Å². The minimum absolute atomic E-state index is 0.0147.